The van der Waals surface area contributed by atoms with E-state index >= 15 is 0 Å². The fraction of sp³-hybridized carbons (Fsp3) is 0.154. The van der Waals surface area contributed by atoms with Crippen molar-refractivity contribution in [3.8, 4) is 5.75 Å². The number of nitrogens with zero attached hydrogens (tertiary/aromatic N) is 2. The molecule has 0 aliphatic heterocycles. The molecule has 2 aromatic rings. The maximum Gasteiger partial charge on any atom is 0.270 e. The summed E-state index contributed by atoms with van der Waals surface area (Å²) in [5, 5.41) is 10.6. The molecule has 0 fully saturated rings. The Morgan fingerprint density at radius 1 is 1.35 bits per heavy atom. The number of halogens is 1. The highest BCUT2D eigenvalue weighted by Crippen LogP contribution is 2.24. The van der Waals surface area contributed by atoms with E-state index in [4.69, 9.17) is 10.5 Å². The number of hydrogen-bond donors (Lipinski definition) is 1. The number of non-ortho nitro benzene ring substituents is 1. The van der Waals surface area contributed by atoms with Crippen molar-refractivity contribution in [1.82, 2.24) is 4.98 Å². The molecule has 0 radical (unpaired) electrons. The maximum absolute atomic E-state index is 10.6. The number of aromatic nitrogens is 1. The summed E-state index contributed by atoms with van der Waals surface area (Å²) in [5.74, 6) is 0.618. The van der Waals surface area contributed by atoms with Crippen LogP contribution < -0.4 is 10.5 Å². The van der Waals surface area contributed by atoms with E-state index in [0.717, 1.165) is 11.3 Å². The third kappa shape index (κ3) is 3.52. The first-order chi connectivity index (χ1) is 9.60. The van der Waals surface area contributed by atoms with Crippen LogP contribution in [0.4, 0.5) is 5.69 Å². The molecule has 0 unspecified atom stereocenters. The summed E-state index contributed by atoms with van der Waals surface area (Å²) in [6.45, 7) is 0.677. The van der Waals surface area contributed by atoms with Crippen molar-refractivity contribution in [3.63, 3.8) is 0 Å². The molecule has 20 heavy (non-hydrogen) atoms. The van der Waals surface area contributed by atoms with E-state index in [2.05, 4.69) is 20.9 Å². The van der Waals surface area contributed by atoms with Crippen molar-refractivity contribution in [2.24, 2.45) is 5.73 Å². The zero-order valence-electron chi connectivity index (χ0n) is 10.5. The van der Waals surface area contributed by atoms with Crippen molar-refractivity contribution in [1.29, 1.82) is 0 Å². The van der Waals surface area contributed by atoms with E-state index in [9.17, 15) is 10.1 Å². The summed E-state index contributed by atoms with van der Waals surface area (Å²) < 4.78 is 6.21. The Labute approximate surface area is 123 Å². The molecule has 1 heterocycles. The number of ether oxygens (including phenoxy) is 1. The van der Waals surface area contributed by atoms with Crippen LogP contribution in [0.1, 0.15) is 11.3 Å². The SMILES string of the molecule is NCc1ccc(OCc2ccc([N+](=O)[O-])cc2Br)cn1. The molecule has 0 atom stereocenters. The summed E-state index contributed by atoms with van der Waals surface area (Å²) in [6, 6.07) is 8.13. The van der Waals surface area contributed by atoms with Crippen LogP contribution >= 0.6 is 15.9 Å². The molecule has 2 N–H and O–H groups in total. The van der Waals surface area contributed by atoms with Gasteiger partial charge in [-0.05, 0) is 18.2 Å². The Morgan fingerprint density at radius 2 is 2.15 bits per heavy atom. The van der Waals surface area contributed by atoms with Crippen LogP contribution in [0.5, 0.6) is 5.75 Å². The number of pyridine rings is 1. The third-order valence-corrected chi connectivity index (χ3v) is 3.39. The molecule has 6 nitrogen and oxygen atoms in total. The van der Waals surface area contributed by atoms with E-state index in [0.29, 0.717) is 23.4 Å². The lowest BCUT2D eigenvalue weighted by molar-refractivity contribution is -0.384. The fourth-order valence-corrected chi connectivity index (χ4v) is 2.03. The summed E-state index contributed by atoms with van der Waals surface area (Å²) in [4.78, 5) is 14.3. The first-order valence-corrected chi connectivity index (χ1v) is 6.60. The average Bonchev–Trinajstić information content (AvgIpc) is 2.46. The van der Waals surface area contributed by atoms with Crippen molar-refractivity contribution < 1.29 is 9.66 Å². The molecular formula is C13H12BrN3O3. The molecule has 104 valence electrons. The van der Waals surface area contributed by atoms with Gasteiger partial charge < -0.3 is 10.5 Å². The van der Waals surface area contributed by atoms with Gasteiger partial charge in [-0.15, -0.1) is 0 Å². The van der Waals surface area contributed by atoms with Gasteiger partial charge in [-0.25, -0.2) is 0 Å². The van der Waals surface area contributed by atoms with E-state index in [1.54, 1.807) is 24.4 Å². The highest BCUT2D eigenvalue weighted by molar-refractivity contribution is 9.10. The quantitative estimate of drug-likeness (QED) is 0.669. The van der Waals surface area contributed by atoms with Crippen LogP contribution in [-0.2, 0) is 13.2 Å². The molecule has 0 amide bonds. The van der Waals surface area contributed by atoms with Crippen LogP contribution in [0.15, 0.2) is 41.0 Å². The molecule has 0 spiro atoms. The van der Waals surface area contributed by atoms with Gasteiger partial charge in [0.2, 0.25) is 0 Å². The number of rotatable bonds is 5. The van der Waals surface area contributed by atoms with E-state index in [1.807, 2.05) is 0 Å². The van der Waals surface area contributed by atoms with Gasteiger partial charge in [0.25, 0.3) is 5.69 Å². The van der Waals surface area contributed by atoms with Crippen LogP contribution in [0.25, 0.3) is 0 Å². The molecular weight excluding hydrogens is 326 g/mol. The zero-order chi connectivity index (χ0) is 14.5. The largest absolute Gasteiger partial charge is 0.487 e. The number of nitro groups is 1. The monoisotopic (exact) mass is 337 g/mol. The predicted molar refractivity (Wildman–Crippen MR) is 77.3 cm³/mol. The molecule has 1 aromatic carbocycles. The summed E-state index contributed by atoms with van der Waals surface area (Å²) in [5.41, 5.74) is 7.10. The van der Waals surface area contributed by atoms with Gasteiger partial charge in [0.15, 0.2) is 0 Å². The number of hydrogen-bond acceptors (Lipinski definition) is 5. The van der Waals surface area contributed by atoms with E-state index in [1.165, 1.54) is 12.1 Å². The second-order valence-electron chi connectivity index (χ2n) is 4.01. The minimum absolute atomic E-state index is 0.0367. The first-order valence-electron chi connectivity index (χ1n) is 5.81. The Balaban J connectivity index is 2.04. The zero-order valence-corrected chi connectivity index (χ0v) is 12.0. The molecule has 0 aliphatic carbocycles. The number of benzene rings is 1. The Hall–Kier alpha value is -1.99. The first kappa shape index (κ1) is 14.4. The highest BCUT2D eigenvalue weighted by Gasteiger charge is 2.09. The molecule has 1 aromatic heterocycles. The van der Waals surface area contributed by atoms with Crippen molar-refractivity contribution in [2.45, 2.75) is 13.2 Å². The lowest BCUT2D eigenvalue weighted by Gasteiger charge is -2.08. The number of nitro benzene ring substituents is 1. The summed E-state index contributed by atoms with van der Waals surface area (Å²) in [6.07, 6.45) is 1.60. The van der Waals surface area contributed by atoms with Crippen LogP contribution in [0, 0.1) is 10.1 Å². The Bertz CT molecular complexity index is 617. The smallest absolute Gasteiger partial charge is 0.270 e. The van der Waals surface area contributed by atoms with Gasteiger partial charge in [0.1, 0.15) is 12.4 Å². The highest BCUT2D eigenvalue weighted by atomic mass is 79.9. The lowest BCUT2D eigenvalue weighted by Crippen LogP contribution is -2.01. The van der Waals surface area contributed by atoms with Crippen LogP contribution in [0.3, 0.4) is 0 Å². The molecule has 0 saturated carbocycles. The van der Waals surface area contributed by atoms with Gasteiger partial charge >= 0.3 is 0 Å². The van der Waals surface area contributed by atoms with Crippen molar-refractivity contribution in [3.05, 3.63) is 62.4 Å². The predicted octanol–water partition coefficient (Wildman–Crippen LogP) is 2.79. The van der Waals surface area contributed by atoms with Gasteiger partial charge in [-0.3, -0.25) is 15.1 Å². The van der Waals surface area contributed by atoms with Crippen LogP contribution in [-0.4, -0.2) is 9.91 Å². The maximum atomic E-state index is 10.6. The van der Waals surface area contributed by atoms with Gasteiger partial charge in [-0.2, -0.15) is 0 Å². The topological polar surface area (TPSA) is 91.3 Å². The third-order valence-electron chi connectivity index (χ3n) is 2.65. The lowest BCUT2D eigenvalue weighted by atomic mass is 10.2. The van der Waals surface area contributed by atoms with E-state index < -0.39 is 4.92 Å². The minimum Gasteiger partial charge on any atom is -0.487 e. The Kier molecular flexibility index (Phi) is 4.65. The average molecular weight is 338 g/mol. The summed E-state index contributed by atoms with van der Waals surface area (Å²) in [7, 11) is 0. The molecule has 0 saturated heterocycles. The van der Waals surface area contributed by atoms with E-state index in [-0.39, 0.29) is 5.69 Å². The molecule has 2 rings (SSSR count). The number of nitrogens with two attached hydrogens (primary N) is 1. The second-order valence-corrected chi connectivity index (χ2v) is 4.87. The van der Waals surface area contributed by atoms with Crippen LogP contribution in [0.2, 0.25) is 0 Å². The van der Waals surface area contributed by atoms with Gasteiger partial charge in [-0.1, -0.05) is 15.9 Å². The standard InChI is InChI=1S/C13H12BrN3O3/c14-13-5-11(17(18)19)3-1-9(13)8-20-12-4-2-10(6-15)16-7-12/h1-5,7H,6,8,15H2. The van der Waals surface area contributed by atoms with Crippen molar-refractivity contribution in [2.75, 3.05) is 0 Å². The normalized spacial score (nSPS) is 10.3. The fourth-order valence-electron chi connectivity index (χ4n) is 1.54. The van der Waals surface area contributed by atoms with Crippen molar-refractivity contribution >= 4 is 21.6 Å². The van der Waals surface area contributed by atoms with Gasteiger partial charge in [0, 0.05) is 28.7 Å². The minimum atomic E-state index is -0.440. The summed E-state index contributed by atoms with van der Waals surface area (Å²) >= 11 is 3.30. The molecule has 7 heteroatoms. The molecule has 0 aliphatic rings. The molecule has 0 bridgehead atoms. The second kappa shape index (κ2) is 6.44. The Morgan fingerprint density at radius 3 is 2.70 bits per heavy atom. The van der Waals surface area contributed by atoms with Gasteiger partial charge in [0.05, 0.1) is 16.8 Å².